The van der Waals surface area contributed by atoms with Crippen LogP contribution in [0, 0.1) is 0 Å². The maximum Gasteiger partial charge on any atom is 0.243 e. The van der Waals surface area contributed by atoms with Gasteiger partial charge in [0, 0.05) is 18.1 Å². The zero-order chi connectivity index (χ0) is 12.4. The topological polar surface area (TPSA) is 54.2 Å². The molecular weight excluding hydrogens is 248 g/mol. The Morgan fingerprint density at radius 2 is 2.39 bits per heavy atom. The second-order valence-electron chi connectivity index (χ2n) is 5.06. The minimum atomic E-state index is 0.265. The van der Waals surface area contributed by atoms with Gasteiger partial charge in [0.25, 0.3) is 0 Å². The lowest BCUT2D eigenvalue weighted by molar-refractivity contribution is 0.253. The lowest BCUT2D eigenvalue weighted by Crippen LogP contribution is -2.33. The molecule has 100 valence electrons. The zero-order valence-corrected chi connectivity index (χ0v) is 11.6. The van der Waals surface area contributed by atoms with Crippen molar-refractivity contribution in [3.8, 4) is 0 Å². The number of aromatic nitrogens is 2. The van der Waals surface area contributed by atoms with Crippen LogP contribution in [0.1, 0.15) is 43.1 Å². The molecule has 1 aromatic rings. The molecule has 0 bridgehead atoms. The third kappa shape index (κ3) is 2.55. The highest BCUT2D eigenvalue weighted by atomic mass is 32.2. The normalized spacial score (nSPS) is 30.5. The van der Waals surface area contributed by atoms with E-state index in [2.05, 4.69) is 27.4 Å². The van der Waals surface area contributed by atoms with Gasteiger partial charge in [-0.3, -0.25) is 4.90 Å². The van der Waals surface area contributed by atoms with Gasteiger partial charge < -0.3 is 9.84 Å². The van der Waals surface area contributed by atoms with Gasteiger partial charge in [0.15, 0.2) is 5.82 Å². The number of thioether (sulfide) groups is 1. The molecule has 2 saturated heterocycles. The molecule has 2 atom stereocenters. The highest BCUT2D eigenvalue weighted by molar-refractivity contribution is 7.99. The van der Waals surface area contributed by atoms with E-state index in [1.807, 2.05) is 11.8 Å². The van der Waals surface area contributed by atoms with Crippen molar-refractivity contribution in [3.63, 3.8) is 0 Å². The first-order chi connectivity index (χ1) is 8.84. The van der Waals surface area contributed by atoms with Gasteiger partial charge in [-0.05, 0) is 26.4 Å². The van der Waals surface area contributed by atoms with Gasteiger partial charge in [0.1, 0.15) is 0 Å². The van der Waals surface area contributed by atoms with Crippen molar-refractivity contribution in [2.24, 2.45) is 0 Å². The molecule has 5 nitrogen and oxygen atoms in total. The van der Waals surface area contributed by atoms with E-state index in [-0.39, 0.29) is 6.04 Å². The summed E-state index contributed by atoms with van der Waals surface area (Å²) >= 11 is 1.97. The van der Waals surface area contributed by atoms with E-state index in [1.54, 1.807) is 0 Å². The summed E-state index contributed by atoms with van der Waals surface area (Å²) in [6.45, 7) is 2.16. The van der Waals surface area contributed by atoms with Crippen molar-refractivity contribution in [1.29, 1.82) is 0 Å². The summed E-state index contributed by atoms with van der Waals surface area (Å²) in [4.78, 5) is 6.93. The van der Waals surface area contributed by atoms with Gasteiger partial charge in [-0.1, -0.05) is 11.6 Å². The van der Waals surface area contributed by atoms with Crippen molar-refractivity contribution in [1.82, 2.24) is 20.4 Å². The molecule has 2 aliphatic rings. The van der Waals surface area contributed by atoms with Crippen LogP contribution in [-0.4, -0.2) is 46.7 Å². The van der Waals surface area contributed by atoms with Crippen molar-refractivity contribution < 1.29 is 4.52 Å². The monoisotopic (exact) mass is 268 g/mol. The first-order valence-electron chi connectivity index (χ1n) is 6.69. The molecule has 2 unspecified atom stereocenters. The van der Waals surface area contributed by atoms with Crippen molar-refractivity contribution in [3.05, 3.63) is 11.7 Å². The fourth-order valence-electron chi connectivity index (χ4n) is 2.54. The van der Waals surface area contributed by atoms with Crippen LogP contribution < -0.4 is 5.32 Å². The standard InChI is InChI=1S/C12H20N4OS/c1-16-6-7-18-8-10(16)11-14-12(17-15-11)9-4-2-3-5-13-9/h9-10,13H,2-8H2,1H3. The number of piperidine rings is 1. The Morgan fingerprint density at radius 3 is 3.17 bits per heavy atom. The fourth-order valence-corrected chi connectivity index (χ4v) is 3.76. The largest absolute Gasteiger partial charge is 0.338 e. The molecule has 18 heavy (non-hydrogen) atoms. The highest BCUT2D eigenvalue weighted by Crippen LogP contribution is 2.28. The lowest BCUT2D eigenvalue weighted by atomic mass is 10.1. The quantitative estimate of drug-likeness (QED) is 0.879. The molecule has 1 aromatic heterocycles. The Morgan fingerprint density at radius 1 is 1.44 bits per heavy atom. The average molecular weight is 268 g/mol. The van der Waals surface area contributed by atoms with E-state index in [0.29, 0.717) is 6.04 Å². The molecule has 3 heterocycles. The molecule has 3 rings (SSSR count). The van der Waals surface area contributed by atoms with Crippen molar-refractivity contribution in [2.75, 3.05) is 31.6 Å². The van der Waals surface area contributed by atoms with E-state index in [0.717, 1.165) is 37.0 Å². The molecule has 2 aliphatic heterocycles. The molecule has 6 heteroatoms. The third-order valence-corrected chi connectivity index (χ3v) is 4.78. The smallest absolute Gasteiger partial charge is 0.243 e. The molecule has 0 aromatic carbocycles. The second-order valence-corrected chi connectivity index (χ2v) is 6.21. The number of nitrogens with zero attached hydrogens (tertiary/aromatic N) is 3. The van der Waals surface area contributed by atoms with E-state index in [4.69, 9.17) is 4.52 Å². The molecule has 2 fully saturated rings. The molecule has 1 N–H and O–H groups in total. The minimum absolute atomic E-state index is 0.265. The summed E-state index contributed by atoms with van der Waals surface area (Å²) in [6, 6.07) is 0.575. The maximum atomic E-state index is 5.45. The molecule has 0 radical (unpaired) electrons. The fraction of sp³-hybridized carbons (Fsp3) is 0.833. The van der Waals surface area contributed by atoms with Gasteiger partial charge in [0.2, 0.25) is 5.89 Å². The summed E-state index contributed by atoms with van der Waals surface area (Å²) in [6.07, 6.45) is 3.60. The van der Waals surface area contributed by atoms with E-state index < -0.39 is 0 Å². The summed E-state index contributed by atoms with van der Waals surface area (Å²) in [5.41, 5.74) is 0. The van der Waals surface area contributed by atoms with Crippen molar-refractivity contribution in [2.45, 2.75) is 31.3 Å². The van der Waals surface area contributed by atoms with E-state index in [1.165, 1.54) is 18.6 Å². The summed E-state index contributed by atoms with van der Waals surface area (Å²) in [5, 5.41) is 7.63. The Kier molecular flexibility index (Phi) is 3.86. The van der Waals surface area contributed by atoms with Crippen LogP contribution in [0.3, 0.4) is 0 Å². The molecule has 0 spiro atoms. The molecule has 0 amide bonds. The van der Waals surface area contributed by atoms with Crippen LogP contribution in [0.25, 0.3) is 0 Å². The molecule has 0 aliphatic carbocycles. The van der Waals surface area contributed by atoms with Crippen LogP contribution in [0.15, 0.2) is 4.52 Å². The number of rotatable bonds is 2. The van der Waals surface area contributed by atoms with Crippen LogP contribution in [0.2, 0.25) is 0 Å². The van der Waals surface area contributed by atoms with Gasteiger partial charge in [0.05, 0.1) is 12.1 Å². The summed E-state index contributed by atoms with van der Waals surface area (Å²) < 4.78 is 5.45. The first-order valence-corrected chi connectivity index (χ1v) is 7.85. The maximum absolute atomic E-state index is 5.45. The SMILES string of the molecule is CN1CCSCC1c1noc(C2CCCCN2)n1. The van der Waals surface area contributed by atoms with Gasteiger partial charge in [-0.2, -0.15) is 16.7 Å². The predicted molar refractivity (Wildman–Crippen MR) is 71.6 cm³/mol. The third-order valence-electron chi connectivity index (χ3n) is 3.76. The summed E-state index contributed by atoms with van der Waals surface area (Å²) in [5.74, 6) is 3.89. The number of nitrogens with one attached hydrogen (secondary N) is 1. The molecular formula is C12H20N4OS. The lowest BCUT2D eigenvalue weighted by Gasteiger charge is -2.29. The van der Waals surface area contributed by atoms with Crippen LogP contribution in [0.5, 0.6) is 0 Å². The van der Waals surface area contributed by atoms with Crippen LogP contribution in [0.4, 0.5) is 0 Å². The first kappa shape index (κ1) is 12.4. The van der Waals surface area contributed by atoms with Gasteiger partial charge in [-0.25, -0.2) is 0 Å². The Hall–Kier alpha value is -0.590. The van der Waals surface area contributed by atoms with E-state index >= 15 is 0 Å². The van der Waals surface area contributed by atoms with Crippen molar-refractivity contribution >= 4 is 11.8 Å². The number of hydrogen-bond acceptors (Lipinski definition) is 6. The van der Waals surface area contributed by atoms with Crippen LogP contribution >= 0.6 is 11.8 Å². The minimum Gasteiger partial charge on any atom is -0.338 e. The molecule has 0 saturated carbocycles. The zero-order valence-electron chi connectivity index (χ0n) is 10.8. The average Bonchev–Trinajstić information content (AvgIpc) is 2.90. The summed E-state index contributed by atoms with van der Waals surface area (Å²) in [7, 11) is 2.14. The number of hydrogen-bond donors (Lipinski definition) is 1. The predicted octanol–water partition coefficient (Wildman–Crippen LogP) is 1.60. The second kappa shape index (κ2) is 5.59. The van der Waals surface area contributed by atoms with Gasteiger partial charge in [-0.15, -0.1) is 0 Å². The highest BCUT2D eigenvalue weighted by Gasteiger charge is 2.28. The Balaban J connectivity index is 1.71. The van der Waals surface area contributed by atoms with Crippen LogP contribution in [-0.2, 0) is 0 Å². The van der Waals surface area contributed by atoms with E-state index in [9.17, 15) is 0 Å². The Bertz CT molecular complexity index is 391. The van der Waals surface area contributed by atoms with Gasteiger partial charge >= 0.3 is 0 Å². The Labute approximate surface area is 112 Å².